The molecule has 1 aliphatic rings. The number of aromatic nitrogens is 2. The lowest BCUT2D eigenvalue weighted by Gasteiger charge is -2.35. The van der Waals surface area contributed by atoms with Gasteiger partial charge in [-0.15, -0.1) is 10.2 Å². The summed E-state index contributed by atoms with van der Waals surface area (Å²) in [6.45, 7) is 9.02. The van der Waals surface area contributed by atoms with E-state index in [2.05, 4.69) is 52.4 Å². The normalized spacial score (nSPS) is 13.8. The summed E-state index contributed by atoms with van der Waals surface area (Å²) in [5, 5.41) is 8.85. The maximum Gasteiger partial charge on any atom is 0.260 e. The predicted octanol–water partition coefficient (Wildman–Crippen LogP) is 4.05. The van der Waals surface area contributed by atoms with Crippen molar-refractivity contribution in [2.45, 2.75) is 27.2 Å². The molecule has 1 aliphatic heterocycles. The van der Waals surface area contributed by atoms with E-state index in [1.165, 1.54) is 5.56 Å². The summed E-state index contributed by atoms with van der Waals surface area (Å²) in [5.74, 6) is 1.60. The minimum absolute atomic E-state index is 0.0146. The molecule has 4 rings (SSSR count). The number of carbonyl (C=O) groups excluding carboxylic acids is 1. The van der Waals surface area contributed by atoms with Gasteiger partial charge in [-0.2, -0.15) is 0 Å². The quantitative estimate of drug-likeness (QED) is 0.591. The number of benzene rings is 2. The van der Waals surface area contributed by atoms with Gasteiger partial charge in [0.1, 0.15) is 5.75 Å². The molecule has 166 valence electrons. The first-order valence-corrected chi connectivity index (χ1v) is 11.2. The number of carbonyl (C=O) groups is 1. The van der Waals surface area contributed by atoms with E-state index < -0.39 is 0 Å². The van der Waals surface area contributed by atoms with Crippen molar-refractivity contribution in [2.24, 2.45) is 0 Å². The fourth-order valence-electron chi connectivity index (χ4n) is 4.00. The van der Waals surface area contributed by atoms with E-state index in [1.807, 2.05) is 43.0 Å². The molecule has 0 unspecified atom stereocenters. The van der Waals surface area contributed by atoms with Crippen LogP contribution in [0.5, 0.6) is 5.75 Å². The molecule has 1 saturated heterocycles. The highest BCUT2D eigenvalue weighted by atomic mass is 16.5. The summed E-state index contributed by atoms with van der Waals surface area (Å²) in [7, 11) is 0. The Kier molecular flexibility index (Phi) is 6.69. The Bertz CT molecular complexity index is 1040. The molecule has 2 heterocycles. The largest absolute Gasteiger partial charge is 0.484 e. The molecule has 1 fully saturated rings. The van der Waals surface area contributed by atoms with Crippen LogP contribution in [0, 0.1) is 13.8 Å². The predicted molar refractivity (Wildman–Crippen MR) is 127 cm³/mol. The maximum atomic E-state index is 12.6. The number of hydrogen-bond donors (Lipinski definition) is 0. The zero-order valence-corrected chi connectivity index (χ0v) is 19.0. The standard InChI is InChI=1S/C26H30N4O2/c1-4-21-5-7-22(8-6-21)24-9-10-25(28-27-24)29-11-13-30(14-12-29)26(31)18-32-23-16-19(2)15-20(3)17-23/h5-10,15-17H,4,11-14,18H2,1-3H3. The van der Waals surface area contributed by atoms with E-state index in [9.17, 15) is 4.79 Å². The average molecular weight is 431 g/mol. The second-order valence-electron chi connectivity index (χ2n) is 8.31. The van der Waals surface area contributed by atoms with Crippen LogP contribution < -0.4 is 9.64 Å². The summed E-state index contributed by atoms with van der Waals surface area (Å²) >= 11 is 0. The van der Waals surface area contributed by atoms with Crippen molar-refractivity contribution >= 4 is 11.7 Å². The number of anilines is 1. The monoisotopic (exact) mass is 430 g/mol. The molecule has 0 radical (unpaired) electrons. The number of piperazine rings is 1. The van der Waals surface area contributed by atoms with Crippen LogP contribution in [0.1, 0.15) is 23.6 Å². The zero-order valence-electron chi connectivity index (χ0n) is 19.0. The van der Waals surface area contributed by atoms with Crippen LogP contribution in [-0.2, 0) is 11.2 Å². The van der Waals surface area contributed by atoms with Crippen molar-refractivity contribution in [3.63, 3.8) is 0 Å². The number of aryl methyl sites for hydroxylation is 3. The molecule has 6 heteroatoms. The van der Waals surface area contributed by atoms with Gasteiger partial charge in [0.15, 0.2) is 12.4 Å². The third kappa shape index (κ3) is 5.25. The van der Waals surface area contributed by atoms with Crippen LogP contribution in [0.3, 0.4) is 0 Å². The van der Waals surface area contributed by atoms with Gasteiger partial charge in [0.25, 0.3) is 5.91 Å². The van der Waals surface area contributed by atoms with Gasteiger partial charge in [0.05, 0.1) is 5.69 Å². The van der Waals surface area contributed by atoms with Crippen molar-refractivity contribution in [3.8, 4) is 17.0 Å². The second-order valence-corrected chi connectivity index (χ2v) is 8.31. The summed E-state index contributed by atoms with van der Waals surface area (Å²) in [6, 6.07) is 18.5. The van der Waals surface area contributed by atoms with E-state index in [0.717, 1.165) is 53.5 Å². The highest BCUT2D eigenvalue weighted by Crippen LogP contribution is 2.21. The van der Waals surface area contributed by atoms with E-state index in [1.54, 1.807) is 0 Å². The molecule has 0 saturated carbocycles. The van der Waals surface area contributed by atoms with Crippen LogP contribution in [-0.4, -0.2) is 53.8 Å². The molecule has 1 aromatic heterocycles. The molecule has 3 aromatic rings. The fraction of sp³-hybridized carbons (Fsp3) is 0.346. The van der Waals surface area contributed by atoms with Crippen LogP contribution in [0.4, 0.5) is 5.82 Å². The van der Waals surface area contributed by atoms with Crippen LogP contribution in [0.25, 0.3) is 11.3 Å². The first-order chi connectivity index (χ1) is 15.5. The molecule has 1 amide bonds. The molecule has 0 N–H and O–H groups in total. The molecule has 0 spiro atoms. The summed E-state index contributed by atoms with van der Waals surface area (Å²) in [6.07, 6.45) is 1.02. The minimum Gasteiger partial charge on any atom is -0.484 e. The van der Waals surface area contributed by atoms with Gasteiger partial charge in [0, 0.05) is 31.7 Å². The first kappa shape index (κ1) is 21.8. The zero-order chi connectivity index (χ0) is 22.5. The second kappa shape index (κ2) is 9.81. The Labute approximate surface area is 189 Å². The Morgan fingerprint density at radius 2 is 1.59 bits per heavy atom. The smallest absolute Gasteiger partial charge is 0.260 e. The fourth-order valence-corrected chi connectivity index (χ4v) is 4.00. The molecule has 0 atom stereocenters. The third-order valence-electron chi connectivity index (χ3n) is 5.82. The molecule has 2 aromatic carbocycles. The molecule has 0 aliphatic carbocycles. The van der Waals surface area contributed by atoms with Crippen molar-refractivity contribution in [2.75, 3.05) is 37.7 Å². The third-order valence-corrected chi connectivity index (χ3v) is 5.82. The van der Waals surface area contributed by atoms with Gasteiger partial charge in [-0.05, 0) is 61.2 Å². The lowest BCUT2D eigenvalue weighted by atomic mass is 10.1. The highest BCUT2D eigenvalue weighted by Gasteiger charge is 2.22. The number of ether oxygens (including phenoxy) is 1. The molecular weight excluding hydrogens is 400 g/mol. The van der Waals surface area contributed by atoms with E-state index in [-0.39, 0.29) is 12.5 Å². The van der Waals surface area contributed by atoms with Gasteiger partial charge in [0.2, 0.25) is 0 Å². The Morgan fingerprint density at radius 3 is 2.19 bits per heavy atom. The lowest BCUT2D eigenvalue weighted by molar-refractivity contribution is -0.133. The van der Waals surface area contributed by atoms with Crippen molar-refractivity contribution < 1.29 is 9.53 Å². The van der Waals surface area contributed by atoms with Gasteiger partial charge in [-0.3, -0.25) is 4.79 Å². The Morgan fingerprint density at radius 1 is 0.906 bits per heavy atom. The topological polar surface area (TPSA) is 58.6 Å². The highest BCUT2D eigenvalue weighted by molar-refractivity contribution is 5.78. The van der Waals surface area contributed by atoms with E-state index in [4.69, 9.17) is 4.74 Å². The number of amides is 1. The van der Waals surface area contributed by atoms with Gasteiger partial charge in [-0.25, -0.2) is 0 Å². The SMILES string of the molecule is CCc1ccc(-c2ccc(N3CCN(C(=O)COc4cc(C)cc(C)c4)CC3)nn2)cc1. The molecule has 6 nitrogen and oxygen atoms in total. The van der Waals surface area contributed by atoms with Gasteiger partial charge >= 0.3 is 0 Å². The van der Waals surface area contributed by atoms with Crippen molar-refractivity contribution in [1.29, 1.82) is 0 Å². The number of rotatable bonds is 6. The molecule has 0 bridgehead atoms. The van der Waals surface area contributed by atoms with Crippen molar-refractivity contribution in [1.82, 2.24) is 15.1 Å². The lowest BCUT2D eigenvalue weighted by Crippen LogP contribution is -2.50. The van der Waals surface area contributed by atoms with Gasteiger partial charge in [-0.1, -0.05) is 37.3 Å². The maximum absolute atomic E-state index is 12.6. The summed E-state index contributed by atoms with van der Waals surface area (Å²) in [4.78, 5) is 16.6. The summed E-state index contributed by atoms with van der Waals surface area (Å²) in [5.41, 5.74) is 5.51. The Hall–Kier alpha value is -3.41. The van der Waals surface area contributed by atoms with Crippen LogP contribution in [0.15, 0.2) is 54.6 Å². The number of hydrogen-bond acceptors (Lipinski definition) is 5. The molecular formula is C26H30N4O2. The average Bonchev–Trinajstić information content (AvgIpc) is 2.82. The van der Waals surface area contributed by atoms with Crippen molar-refractivity contribution in [3.05, 3.63) is 71.3 Å². The summed E-state index contributed by atoms with van der Waals surface area (Å²) < 4.78 is 5.74. The van der Waals surface area contributed by atoms with E-state index >= 15 is 0 Å². The minimum atomic E-state index is 0.0146. The Balaban J connectivity index is 1.29. The van der Waals surface area contributed by atoms with Crippen LogP contribution >= 0.6 is 0 Å². The van der Waals surface area contributed by atoms with E-state index in [0.29, 0.717) is 13.1 Å². The molecule has 32 heavy (non-hydrogen) atoms. The van der Waals surface area contributed by atoms with Gasteiger partial charge < -0.3 is 14.5 Å². The number of nitrogens with zero attached hydrogens (tertiary/aromatic N) is 4. The van der Waals surface area contributed by atoms with Crippen LogP contribution in [0.2, 0.25) is 0 Å². The first-order valence-electron chi connectivity index (χ1n) is 11.2.